The molecule has 1 fully saturated rings. The van der Waals surface area contributed by atoms with Gasteiger partial charge in [-0.25, -0.2) is 0 Å². The van der Waals surface area contributed by atoms with Crippen molar-refractivity contribution in [3.63, 3.8) is 0 Å². The lowest BCUT2D eigenvalue weighted by Gasteiger charge is -2.37. The summed E-state index contributed by atoms with van der Waals surface area (Å²) >= 11 is 0. The minimum Gasteiger partial charge on any atom is -0.496 e. The smallest absolute Gasteiger partial charge is 0.127 e. The van der Waals surface area contributed by atoms with Crippen LogP contribution in [0.15, 0.2) is 6.07 Å². The first-order chi connectivity index (χ1) is 11.7. The van der Waals surface area contributed by atoms with Crippen molar-refractivity contribution in [2.45, 2.75) is 51.6 Å². The van der Waals surface area contributed by atoms with E-state index in [1.165, 1.54) is 49.0 Å². The fourth-order valence-electron chi connectivity index (χ4n) is 4.46. The van der Waals surface area contributed by atoms with E-state index in [1.807, 2.05) is 7.11 Å². The van der Waals surface area contributed by atoms with Crippen LogP contribution in [0.1, 0.15) is 55.3 Å². The van der Waals surface area contributed by atoms with E-state index in [0.717, 1.165) is 37.4 Å². The van der Waals surface area contributed by atoms with Crippen LogP contribution in [0.25, 0.3) is 0 Å². The number of hydrogen-bond acceptors (Lipinski definition) is 4. The largest absolute Gasteiger partial charge is 0.496 e. The van der Waals surface area contributed by atoms with Crippen molar-refractivity contribution in [2.75, 3.05) is 40.9 Å². The number of likely N-dealkylation sites (N-methyl/N-ethyl adjacent to an activating group) is 1. The molecule has 134 valence electrons. The Balaban J connectivity index is 2.01. The predicted octanol–water partition coefficient (Wildman–Crippen LogP) is 3.63. The van der Waals surface area contributed by atoms with Gasteiger partial charge in [-0.1, -0.05) is 13.3 Å². The van der Waals surface area contributed by atoms with E-state index in [9.17, 15) is 0 Å². The molecule has 2 aliphatic heterocycles. The normalized spacial score (nSPS) is 22.2. The molecule has 0 bridgehead atoms. The molecule has 0 radical (unpaired) electrons. The molecule has 4 nitrogen and oxygen atoms in total. The van der Waals surface area contributed by atoms with Gasteiger partial charge in [-0.15, -0.1) is 0 Å². The zero-order valence-corrected chi connectivity index (χ0v) is 15.7. The summed E-state index contributed by atoms with van der Waals surface area (Å²) < 4.78 is 11.7. The van der Waals surface area contributed by atoms with Crippen molar-refractivity contribution in [3.05, 3.63) is 22.8 Å². The van der Waals surface area contributed by atoms with Gasteiger partial charge in [0.1, 0.15) is 11.5 Å². The Morgan fingerprint density at radius 3 is 2.46 bits per heavy atom. The number of ether oxygens (including phenoxy) is 2. The quantitative estimate of drug-likeness (QED) is 0.822. The summed E-state index contributed by atoms with van der Waals surface area (Å²) in [6, 6.07) is 2.65. The highest BCUT2D eigenvalue weighted by Gasteiger charge is 2.31. The van der Waals surface area contributed by atoms with E-state index in [2.05, 4.69) is 29.8 Å². The Labute approximate surface area is 146 Å². The first-order valence-electron chi connectivity index (χ1n) is 9.38. The molecule has 0 aromatic heterocycles. The van der Waals surface area contributed by atoms with Crippen LogP contribution in [0.4, 0.5) is 0 Å². The van der Waals surface area contributed by atoms with Crippen molar-refractivity contribution in [1.29, 1.82) is 0 Å². The van der Waals surface area contributed by atoms with Gasteiger partial charge in [0.15, 0.2) is 0 Å². The molecule has 24 heavy (non-hydrogen) atoms. The van der Waals surface area contributed by atoms with Crippen LogP contribution in [-0.4, -0.2) is 50.7 Å². The number of benzene rings is 1. The van der Waals surface area contributed by atoms with E-state index in [-0.39, 0.29) is 0 Å². The molecule has 1 atom stereocenters. The molecule has 2 heterocycles. The maximum absolute atomic E-state index is 5.91. The Morgan fingerprint density at radius 2 is 1.83 bits per heavy atom. The molecule has 0 aliphatic carbocycles. The number of fused-ring (bicyclic) bond motifs is 1. The number of rotatable bonds is 5. The lowest BCUT2D eigenvalue weighted by molar-refractivity contribution is 0.209. The van der Waals surface area contributed by atoms with Crippen molar-refractivity contribution in [1.82, 2.24) is 9.80 Å². The minimum atomic E-state index is 0.418. The number of nitrogens with zero attached hydrogens (tertiary/aromatic N) is 2. The third-order valence-electron chi connectivity index (χ3n) is 5.69. The Hall–Kier alpha value is -1.26. The van der Waals surface area contributed by atoms with Crippen LogP contribution in [-0.2, 0) is 13.0 Å². The van der Waals surface area contributed by atoms with Crippen molar-refractivity contribution >= 4 is 0 Å². The second-order valence-corrected chi connectivity index (χ2v) is 7.15. The summed E-state index contributed by atoms with van der Waals surface area (Å²) in [6.45, 7) is 6.70. The molecular formula is C20H32N2O2. The summed E-state index contributed by atoms with van der Waals surface area (Å²) in [5, 5.41) is 0. The van der Waals surface area contributed by atoms with Crippen molar-refractivity contribution in [2.24, 2.45) is 0 Å². The zero-order chi connectivity index (χ0) is 17.1. The average molecular weight is 332 g/mol. The van der Waals surface area contributed by atoms with Crippen LogP contribution >= 0.6 is 0 Å². The summed E-state index contributed by atoms with van der Waals surface area (Å²) in [4.78, 5) is 4.99. The Bertz CT molecular complexity index is 567. The summed E-state index contributed by atoms with van der Waals surface area (Å²) in [5.74, 6) is 2.14. The highest BCUT2D eigenvalue weighted by molar-refractivity contribution is 5.56. The molecule has 3 rings (SSSR count). The molecule has 1 aromatic carbocycles. The molecule has 1 saturated heterocycles. The standard InChI is InChI=1S/C20H32N2O2/c1-5-17-19-16(9-12-21(17)2)20(24-4)15(13-18(19)23-3)14-22-10-7-6-8-11-22/h13,17H,5-12,14H2,1-4H3. The predicted molar refractivity (Wildman–Crippen MR) is 98.0 cm³/mol. The summed E-state index contributed by atoms with van der Waals surface area (Å²) in [7, 11) is 5.83. The van der Waals surface area contributed by atoms with Crippen LogP contribution < -0.4 is 9.47 Å². The summed E-state index contributed by atoms with van der Waals surface area (Å²) in [6.07, 6.45) is 6.12. The number of methoxy groups -OCH3 is 2. The second kappa shape index (κ2) is 7.75. The van der Waals surface area contributed by atoms with Crippen LogP contribution in [0, 0.1) is 0 Å². The zero-order valence-electron chi connectivity index (χ0n) is 15.7. The molecule has 0 saturated carbocycles. The Kier molecular flexibility index (Phi) is 5.67. The van der Waals surface area contributed by atoms with Gasteiger partial charge in [0.25, 0.3) is 0 Å². The van der Waals surface area contributed by atoms with Gasteiger partial charge in [-0.05, 0) is 51.9 Å². The first kappa shape index (κ1) is 17.6. The molecule has 0 spiro atoms. The highest BCUT2D eigenvalue weighted by Crippen LogP contribution is 2.44. The molecule has 4 heteroatoms. The topological polar surface area (TPSA) is 24.9 Å². The van der Waals surface area contributed by atoms with E-state index in [1.54, 1.807) is 7.11 Å². The van der Waals surface area contributed by atoms with E-state index >= 15 is 0 Å². The Morgan fingerprint density at radius 1 is 1.08 bits per heavy atom. The van der Waals surface area contributed by atoms with Gasteiger partial charge in [-0.2, -0.15) is 0 Å². The number of hydrogen-bond donors (Lipinski definition) is 0. The maximum atomic E-state index is 5.91. The average Bonchev–Trinajstić information content (AvgIpc) is 2.62. The van der Waals surface area contributed by atoms with Crippen LogP contribution in [0.3, 0.4) is 0 Å². The minimum absolute atomic E-state index is 0.418. The molecule has 2 aliphatic rings. The van der Waals surface area contributed by atoms with E-state index < -0.39 is 0 Å². The highest BCUT2D eigenvalue weighted by atomic mass is 16.5. The third-order valence-corrected chi connectivity index (χ3v) is 5.69. The van der Waals surface area contributed by atoms with E-state index in [0.29, 0.717) is 6.04 Å². The monoisotopic (exact) mass is 332 g/mol. The van der Waals surface area contributed by atoms with Gasteiger partial charge in [0.05, 0.1) is 14.2 Å². The first-order valence-corrected chi connectivity index (χ1v) is 9.38. The number of likely N-dealkylation sites (tertiary alicyclic amines) is 1. The second-order valence-electron chi connectivity index (χ2n) is 7.15. The fraction of sp³-hybridized carbons (Fsp3) is 0.700. The lowest BCUT2D eigenvalue weighted by Crippen LogP contribution is -2.33. The van der Waals surface area contributed by atoms with Crippen molar-refractivity contribution in [3.8, 4) is 11.5 Å². The van der Waals surface area contributed by atoms with Crippen molar-refractivity contribution < 1.29 is 9.47 Å². The van der Waals surface area contributed by atoms with Gasteiger partial charge in [-0.3, -0.25) is 9.80 Å². The van der Waals surface area contributed by atoms with Crippen LogP contribution in [0.2, 0.25) is 0 Å². The van der Waals surface area contributed by atoms with E-state index in [4.69, 9.17) is 9.47 Å². The van der Waals surface area contributed by atoms with Gasteiger partial charge >= 0.3 is 0 Å². The lowest BCUT2D eigenvalue weighted by atomic mass is 9.87. The number of piperidine rings is 1. The van der Waals surface area contributed by atoms with Gasteiger partial charge in [0.2, 0.25) is 0 Å². The van der Waals surface area contributed by atoms with Gasteiger partial charge in [0, 0.05) is 35.8 Å². The molecular weight excluding hydrogens is 300 g/mol. The molecule has 0 amide bonds. The maximum Gasteiger partial charge on any atom is 0.127 e. The fourth-order valence-corrected chi connectivity index (χ4v) is 4.46. The molecule has 1 unspecified atom stereocenters. The SMILES string of the molecule is CCC1c2c(OC)cc(CN3CCCCC3)c(OC)c2CCN1C. The molecule has 1 aromatic rings. The summed E-state index contributed by atoms with van der Waals surface area (Å²) in [5.41, 5.74) is 4.00. The van der Waals surface area contributed by atoms with Gasteiger partial charge < -0.3 is 9.47 Å². The molecule has 0 N–H and O–H groups in total. The van der Waals surface area contributed by atoms with Crippen LogP contribution in [0.5, 0.6) is 11.5 Å². The third kappa shape index (κ3) is 3.27.